The second-order valence-electron chi connectivity index (χ2n) is 4.68. The molecule has 0 saturated heterocycles. The average Bonchev–Trinajstić information content (AvgIpc) is 2.56. The molecule has 0 fully saturated rings. The van der Waals surface area contributed by atoms with Crippen molar-refractivity contribution in [3.05, 3.63) is 61.5 Å². The largest absolute Gasteiger partial charge is 0.496 e. The molecule has 25 heavy (non-hydrogen) atoms. The molecular weight excluding hydrogens is 464 g/mol. The van der Waals surface area contributed by atoms with Crippen molar-refractivity contribution in [3.63, 3.8) is 0 Å². The van der Waals surface area contributed by atoms with E-state index >= 15 is 0 Å². The van der Waals surface area contributed by atoms with Crippen LogP contribution >= 0.6 is 34.8 Å². The van der Waals surface area contributed by atoms with Crippen LogP contribution in [0.15, 0.2) is 36.4 Å². The minimum atomic E-state index is -0.735. The van der Waals surface area contributed by atoms with Crippen LogP contribution in [0.2, 0.25) is 0 Å². The minimum Gasteiger partial charge on any atom is -0.496 e. The fraction of sp³-hybridized carbons (Fsp3) is 0.0667. The zero-order valence-corrected chi connectivity index (χ0v) is 15.7. The number of hydrogen-bond acceptors (Lipinski definition) is 5. The van der Waals surface area contributed by atoms with E-state index in [1.807, 2.05) is 22.6 Å². The van der Waals surface area contributed by atoms with E-state index in [1.165, 1.54) is 7.11 Å². The molecule has 0 saturated carbocycles. The lowest BCUT2D eigenvalue weighted by Crippen LogP contribution is -2.34. The fourth-order valence-electron chi connectivity index (χ4n) is 1.86. The summed E-state index contributed by atoms with van der Waals surface area (Å²) in [5, 5.41) is 15.4. The molecule has 130 valence electrons. The zero-order valence-electron chi connectivity index (χ0n) is 12.7. The van der Waals surface area contributed by atoms with Crippen molar-refractivity contribution < 1.29 is 18.8 Å². The van der Waals surface area contributed by atoms with Gasteiger partial charge in [-0.3, -0.25) is 20.2 Å². The predicted molar refractivity (Wildman–Crippen MR) is 102 cm³/mol. The Bertz CT molecular complexity index is 863. The second-order valence-corrected chi connectivity index (χ2v) is 6.25. The van der Waals surface area contributed by atoms with E-state index in [0.29, 0.717) is 11.3 Å². The van der Waals surface area contributed by atoms with Crippen molar-refractivity contribution in [2.24, 2.45) is 0 Å². The normalized spacial score (nSPS) is 10.0. The van der Waals surface area contributed by atoms with Crippen LogP contribution in [0.3, 0.4) is 0 Å². The van der Waals surface area contributed by atoms with E-state index < -0.39 is 16.6 Å². The number of anilines is 1. The van der Waals surface area contributed by atoms with E-state index in [-0.39, 0.29) is 16.5 Å². The van der Waals surface area contributed by atoms with Gasteiger partial charge in [0.05, 0.1) is 21.3 Å². The highest BCUT2D eigenvalue weighted by molar-refractivity contribution is 14.1. The smallest absolute Gasteiger partial charge is 0.271 e. The molecule has 2 aromatic carbocycles. The van der Waals surface area contributed by atoms with E-state index in [1.54, 1.807) is 18.2 Å². The van der Waals surface area contributed by atoms with Gasteiger partial charge < -0.3 is 10.1 Å². The number of amides is 1. The Labute approximate surface area is 160 Å². The number of thiocarbonyl (C=S) groups is 1. The molecule has 2 aromatic rings. The number of nitrogens with one attached hydrogen (secondary N) is 2. The number of nitrogens with zero attached hydrogens (tertiary/aromatic N) is 1. The molecule has 0 aliphatic rings. The summed E-state index contributed by atoms with van der Waals surface area (Å²) in [5.41, 5.74) is -0.180. The van der Waals surface area contributed by atoms with Gasteiger partial charge >= 0.3 is 0 Å². The molecule has 7 nitrogen and oxygen atoms in total. The van der Waals surface area contributed by atoms with Crippen LogP contribution in [0.4, 0.5) is 15.8 Å². The Balaban J connectivity index is 2.10. The molecule has 0 heterocycles. The highest BCUT2D eigenvalue weighted by Crippen LogP contribution is 2.22. The van der Waals surface area contributed by atoms with Crippen LogP contribution in [0.1, 0.15) is 10.4 Å². The summed E-state index contributed by atoms with van der Waals surface area (Å²) in [4.78, 5) is 22.3. The summed E-state index contributed by atoms with van der Waals surface area (Å²) in [6, 6.07) is 7.74. The summed E-state index contributed by atoms with van der Waals surface area (Å²) in [6.07, 6.45) is 0. The molecule has 0 aromatic heterocycles. The number of ether oxygens (including phenoxy) is 1. The number of non-ortho nitro benzene ring substituents is 1. The molecule has 0 radical (unpaired) electrons. The summed E-state index contributed by atoms with van der Waals surface area (Å²) in [7, 11) is 1.52. The molecule has 0 unspecified atom stereocenters. The molecule has 0 atom stereocenters. The number of halogens is 2. The third kappa shape index (κ3) is 4.82. The van der Waals surface area contributed by atoms with Crippen LogP contribution in [-0.4, -0.2) is 23.1 Å². The number of hydrogen-bond donors (Lipinski definition) is 2. The summed E-state index contributed by atoms with van der Waals surface area (Å²) >= 11 is 6.97. The molecule has 0 bridgehead atoms. The maximum Gasteiger partial charge on any atom is 0.271 e. The Hall–Kier alpha value is -2.34. The van der Waals surface area contributed by atoms with Crippen molar-refractivity contribution in [2.45, 2.75) is 0 Å². The molecule has 10 heteroatoms. The SMILES string of the molecule is COc1ccc(C(=O)NC(=S)Nc2cc([N+](=O)[O-])ccc2F)cc1I. The Morgan fingerprint density at radius 3 is 2.64 bits per heavy atom. The van der Waals surface area contributed by atoms with Crippen molar-refractivity contribution in [3.8, 4) is 5.75 Å². The molecule has 0 aliphatic heterocycles. The Kier molecular flexibility index (Phi) is 6.20. The van der Waals surface area contributed by atoms with Gasteiger partial charge in [-0.1, -0.05) is 0 Å². The summed E-state index contributed by atoms with van der Waals surface area (Å²) in [5.74, 6) is -0.623. The van der Waals surface area contributed by atoms with Crippen LogP contribution < -0.4 is 15.4 Å². The van der Waals surface area contributed by atoms with Gasteiger partial charge in [0.15, 0.2) is 5.11 Å². The Morgan fingerprint density at radius 1 is 1.32 bits per heavy atom. The number of rotatable bonds is 4. The number of carbonyl (C=O) groups excluding carboxylic acids is 1. The third-order valence-corrected chi connectivity index (χ3v) is 4.10. The van der Waals surface area contributed by atoms with Gasteiger partial charge in [0.1, 0.15) is 11.6 Å². The van der Waals surface area contributed by atoms with E-state index in [2.05, 4.69) is 10.6 Å². The van der Waals surface area contributed by atoms with E-state index in [4.69, 9.17) is 17.0 Å². The quantitative estimate of drug-likeness (QED) is 0.305. The lowest BCUT2D eigenvalue weighted by molar-refractivity contribution is -0.384. The van der Waals surface area contributed by atoms with Gasteiger partial charge in [0.25, 0.3) is 11.6 Å². The van der Waals surface area contributed by atoms with Crippen LogP contribution in [0.5, 0.6) is 5.75 Å². The predicted octanol–water partition coefficient (Wildman–Crippen LogP) is 3.47. The van der Waals surface area contributed by atoms with Gasteiger partial charge in [-0.25, -0.2) is 4.39 Å². The first-order valence-electron chi connectivity index (χ1n) is 6.71. The second kappa shape index (κ2) is 8.16. The molecular formula is C15H11FIN3O4S. The first-order chi connectivity index (χ1) is 11.8. The number of nitro benzene ring substituents is 1. The topological polar surface area (TPSA) is 93.5 Å². The van der Waals surface area contributed by atoms with Crippen LogP contribution in [-0.2, 0) is 0 Å². The van der Waals surface area contributed by atoms with Crippen molar-refractivity contribution in [1.82, 2.24) is 5.32 Å². The average molecular weight is 475 g/mol. The van der Waals surface area contributed by atoms with Gasteiger partial charge in [0, 0.05) is 17.7 Å². The molecule has 0 spiro atoms. The van der Waals surface area contributed by atoms with Crippen molar-refractivity contribution in [1.29, 1.82) is 0 Å². The molecule has 2 rings (SSSR count). The highest BCUT2D eigenvalue weighted by atomic mass is 127. The first-order valence-corrected chi connectivity index (χ1v) is 8.20. The van der Waals surface area contributed by atoms with E-state index in [9.17, 15) is 19.3 Å². The highest BCUT2D eigenvalue weighted by Gasteiger charge is 2.14. The molecule has 2 N–H and O–H groups in total. The Morgan fingerprint density at radius 2 is 2.04 bits per heavy atom. The lowest BCUT2D eigenvalue weighted by Gasteiger charge is -2.11. The maximum absolute atomic E-state index is 13.7. The first kappa shape index (κ1) is 19.0. The van der Waals surface area contributed by atoms with Gasteiger partial charge in [-0.2, -0.15) is 0 Å². The minimum absolute atomic E-state index is 0.185. The number of carbonyl (C=O) groups is 1. The van der Waals surface area contributed by atoms with Crippen LogP contribution in [0.25, 0.3) is 0 Å². The standard InChI is InChI=1S/C15H11FIN3O4S/c1-24-13-5-2-8(6-11(13)17)14(21)19-15(25)18-12-7-9(20(22)23)3-4-10(12)16/h2-7H,1H3,(H2,18,19,21,25). The third-order valence-electron chi connectivity index (χ3n) is 3.05. The molecule has 1 amide bonds. The summed E-state index contributed by atoms with van der Waals surface area (Å²) in [6.45, 7) is 0. The van der Waals surface area contributed by atoms with Gasteiger partial charge in [0.2, 0.25) is 0 Å². The van der Waals surface area contributed by atoms with Crippen LogP contribution in [0, 0.1) is 19.5 Å². The molecule has 0 aliphatic carbocycles. The monoisotopic (exact) mass is 475 g/mol. The zero-order chi connectivity index (χ0) is 18.6. The van der Waals surface area contributed by atoms with E-state index in [0.717, 1.165) is 21.8 Å². The van der Waals surface area contributed by atoms with Crippen molar-refractivity contribution >= 4 is 57.2 Å². The number of nitro groups is 1. The van der Waals surface area contributed by atoms with Gasteiger partial charge in [-0.05, 0) is 59.1 Å². The number of benzene rings is 2. The maximum atomic E-state index is 13.7. The summed E-state index contributed by atoms with van der Waals surface area (Å²) < 4.78 is 19.6. The lowest BCUT2D eigenvalue weighted by atomic mass is 10.2. The van der Waals surface area contributed by atoms with Crippen molar-refractivity contribution in [2.75, 3.05) is 12.4 Å². The fourth-order valence-corrected chi connectivity index (χ4v) is 2.80. The number of methoxy groups -OCH3 is 1. The van der Waals surface area contributed by atoms with Gasteiger partial charge in [-0.15, -0.1) is 0 Å².